The number of H-pyrrole nitrogens is 1. The molecule has 7 nitrogen and oxygen atoms in total. The maximum Gasteiger partial charge on any atom is 0.334 e. The van der Waals surface area contributed by atoms with E-state index in [1.54, 1.807) is 4.90 Å². The summed E-state index contributed by atoms with van der Waals surface area (Å²) < 4.78 is 4.59. The molecule has 1 aromatic rings. The molecule has 2 aliphatic rings. The summed E-state index contributed by atoms with van der Waals surface area (Å²) in [5.74, 6) is -0.796. The molecular formula is C17H25N3O4. The Bertz CT molecular complexity index is 605. The summed E-state index contributed by atoms with van der Waals surface area (Å²) in [7, 11) is 1.27. The van der Waals surface area contributed by atoms with E-state index in [2.05, 4.69) is 14.9 Å². The first kappa shape index (κ1) is 17.0. The molecule has 1 aromatic heterocycles. The van der Waals surface area contributed by atoms with Crippen molar-refractivity contribution in [1.82, 2.24) is 15.1 Å². The molecule has 0 bridgehead atoms. The normalized spacial score (nSPS) is 20.2. The number of rotatable bonds is 3. The van der Waals surface area contributed by atoms with Crippen LogP contribution in [0.3, 0.4) is 0 Å². The lowest BCUT2D eigenvalue weighted by molar-refractivity contribution is -0.154. The number of piperidine rings is 1. The summed E-state index contributed by atoms with van der Waals surface area (Å²) in [6.07, 6.45) is 5.37. The van der Waals surface area contributed by atoms with Crippen LogP contribution >= 0.6 is 0 Å². The summed E-state index contributed by atoms with van der Waals surface area (Å²) in [4.78, 5) is 26.0. The molecule has 7 heteroatoms. The smallest absolute Gasteiger partial charge is 0.334 e. The predicted molar refractivity (Wildman–Crippen MR) is 86.5 cm³/mol. The van der Waals surface area contributed by atoms with Gasteiger partial charge in [-0.05, 0) is 44.4 Å². The summed E-state index contributed by atoms with van der Waals surface area (Å²) >= 11 is 0. The fourth-order valence-corrected chi connectivity index (χ4v) is 3.72. The van der Waals surface area contributed by atoms with Crippen molar-refractivity contribution in [2.24, 2.45) is 5.92 Å². The van der Waals surface area contributed by atoms with Crippen molar-refractivity contribution >= 4 is 11.9 Å². The van der Waals surface area contributed by atoms with Gasteiger partial charge in [0.2, 0.25) is 0 Å². The van der Waals surface area contributed by atoms with E-state index in [9.17, 15) is 14.7 Å². The van der Waals surface area contributed by atoms with E-state index >= 15 is 0 Å². The van der Waals surface area contributed by atoms with Gasteiger partial charge < -0.3 is 14.7 Å². The van der Waals surface area contributed by atoms with Crippen LogP contribution in [0.1, 0.15) is 53.8 Å². The number of likely N-dealkylation sites (tertiary alicyclic amines) is 1. The number of amides is 1. The zero-order valence-electron chi connectivity index (χ0n) is 14.1. The second kappa shape index (κ2) is 7.34. The van der Waals surface area contributed by atoms with Crippen LogP contribution in [-0.2, 0) is 22.4 Å². The third-order valence-corrected chi connectivity index (χ3v) is 5.22. The fraction of sp³-hybridized carbons (Fsp3) is 0.706. The fourth-order valence-electron chi connectivity index (χ4n) is 3.72. The average molecular weight is 335 g/mol. The number of nitrogens with one attached hydrogen (secondary N) is 1. The molecule has 132 valence electrons. The highest BCUT2D eigenvalue weighted by molar-refractivity contribution is 5.94. The highest BCUT2D eigenvalue weighted by Gasteiger charge is 2.33. The highest BCUT2D eigenvalue weighted by Crippen LogP contribution is 2.26. The van der Waals surface area contributed by atoms with Crippen LogP contribution in [0.5, 0.6) is 0 Å². The quantitative estimate of drug-likeness (QED) is 0.636. The van der Waals surface area contributed by atoms with Crippen LogP contribution < -0.4 is 0 Å². The second-order valence-electron chi connectivity index (χ2n) is 6.69. The molecule has 1 atom stereocenters. The van der Waals surface area contributed by atoms with Crippen LogP contribution in [-0.4, -0.2) is 58.4 Å². The minimum Gasteiger partial charge on any atom is -0.467 e. The first-order valence-electron chi connectivity index (χ1n) is 8.73. The zero-order valence-corrected chi connectivity index (χ0v) is 14.1. The number of aliphatic hydroxyl groups is 1. The number of aromatic nitrogens is 2. The van der Waals surface area contributed by atoms with Crippen LogP contribution in [0.4, 0.5) is 0 Å². The molecule has 1 amide bonds. The number of aliphatic hydroxyl groups excluding tert-OH is 1. The monoisotopic (exact) mass is 335 g/mol. The number of methoxy groups -OCH3 is 1. The Kier molecular flexibility index (Phi) is 5.18. The molecule has 3 rings (SSSR count). The number of aryl methyl sites for hydroxylation is 1. The average Bonchev–Trinajstić information content (AvgIpc) is 2.88. The Morgan fingerprint density at radius 2 is 1.96 bits per heavy atom. The van der Waals surface area contributed by atoms with E-state index in [0.717, 1.165) is 36.9 Å². The van der Waals surface area contributed by atoms with Crippen LogP contribution in [0.25, 0.3) is 0 Å². The number of ether oxygens (including phenoxy) is 1. The lowest BCUT2D eigenvalue weighted by Crippen LogP contribution is -2.43. The Morgan fingerprint density at radius 3 is 2.67 bits per heavy atom. The van der Waals surface area contributed by atoms with Crippen molar-refractivity contribution in [3.05, 3.63) is 17.0 Å². The van der Waals surface area contributed by atoms with Crippen molar-refractivity contribution in [3.8, 4) is 0 Å². The third-order valence-electron chi connectivity index (χ3n) is 5.22. The largest absolute Gasteiger partial charge is 0.467 e. The van der Waals surface area contributed by atoms with Gasteiger partial charge in [0.15, 0.2) is 11.8 Å². The number of carbonyl (C=O) groups is 2. The molecule has 24 heavy (non-hydrogen) atoms. The van der Waals surface area contributed by atoms with Gasteiger partial charge in [-0.1, -0.05) is 6.42 Å². The minimum atomic E-state index is -1.10. The van der Waals surface area contributed by atoms with E-state index in [-0.39, 0.29) is 11.8 Å². The lowest BCUT2D eigenvalue weighted by Gasteiger charge is -2.33. The molecular weight excluding hydrogens is 310 g/mol. The molecule has 0 aromatic carbocycles. The standard InChI is InChI=1S/C17H25N3O4/c1-24-17(23)15(21)11-7-9-20(10-8-11)16(22)14-12-5-3-2-4-6-13(12)18-19-14/h11,15,21H,2-10H2,1H3,(H,18,19). The second-order valence-corrected chi connectivity index (χ2v) is 6.69. The summed E-state index contributed by atoms with van der Waals surface area (Å²) in [5.41, 5.74) is 2.74. The third kappa shape index (κ3) is 3.31. The molecule has 1 unspecified atom stereocenters. The lowest BCUT2D eigenvalue weighted by atomic mass is 9.91. The Balaban J connectivity index is 1.64. The molecule has 0 saturated carbocycles. The van der Waals surface area contributed by atoms with Gasteiger partial charge >= 0.3 is 5.97 Å². The number of fused-ring (bicyclic) bond motifs is 1. The topological polar surface area (TPSA) is 95.5 Å². The van der Waals surface area contributed by atoms with Crippen molar-refractivity contribution < 1.29 is 19.4 Å². The van der Waals surface area contributed by atoms with Crippen molar-refractivity contribution in [1.29, 1.82) is 0 Å². The molecule has 0 radical (unpaired) electrons. The van der Waals surface area contributed by atoms with Gasteiger partial charge in [-0.3, -0.25) is 9.89 Å². The van der Waals surface area contributed by atoms with Gasteiger partial charge in [0.1, 0.15) is 0 Å². The van der Waals surface area contributed by atoms with E-state index < -0.39 is 12.1 Å². The summed E-state index contributed by atoms with van der Waals surface area (Å²) in [5, 5.41) is 17.3. The first-order chi connectivity index (χ1) is 11.6. The van der Waals surface area contributed by atoms with Crippen molar-refractivity contribution in [3.63, 3.8) is 0 Å². The Morgan fingerprint density at radius 1 is 1.25 bits per heavy atom. The molecule has 1 aliphatic heterocycles. The molecule has 2 N–H and O–H groups in total. The van der Waals surface area contributed by atoms with E-state index in [1.165, 1.54) is 13.5 Å². The van der Waals surface area contributed by atoms with E-state index in [0.29, 0.717) is 31.6 Å². The Labute approximate surface area is 141 Å². The molecule has 2 heterocycles. The summed E-state index contributed by atoms with van der Waals surface area (Å²) in [6.45, 7) is 1.05. The zero-order chi connectivity index (χ0) is 17.1. The van der Waals surface area contributed by atoms with Crippen LogP contribution in [0.2, 0.25) is 0 Å². The predicted octanol–water partition coefficient (Wildman–Crippen LogP) is 1.06. The van der Waals surface area contributed by atoms with E-state index in [1.807, 2.05) is 0 Å². The van der Waals surface area contributed by atoms with Crippen LogP contribution in [0, 0.1) is 5.92 Å². The van der Waals surface area contributed by atoms with Crippen molar-refractivity contribution in [2.45, 2.75) is 51.0 Å². The number of nitrogens with zero attached hydrogens (tertiary/aromatic N) is 2. The number of aromatic amines is 1. The maximum atomic E-state index is 12.8. The molecule has 0 spiro atoms. The molecule has 1 fully saturated rings. The van der Waals surface area contributed by atoms with Gasteiger partial charge in [0.25, 0.3) is 5.91 Å². The van der Waals surface area contributed by atoms with Gasteiger partial charge in [-0.15, -0.1) is 0 Å². The number of hydrogen-bond donors (Lipinski definition) is 2. The van der Waals surface area contributed by atoms with Crippen molar-refractivity contribution in [2.75, 3.05) is 20.2 Å². The van der Waals surface area contributed by atoms with Gasteiger partial charge in [0, 0.05) is 24.3 Å². The maximum absolute atomic E-state index is 12.8. The SMILES string of the molecule is COC(=O)C(O)C1CCN(C(=O)c2n[nH]c3c2CCCCC3)CC1. The van der Waals surface area contributed by atoms with Gasteiger partial charge in [0.05, 0.1) is 7.11 Å². The number of hydrogen-bond acceptors (Lipinski definition) is 5. The molecule has 1 aliphatic carbocycles. The Hall–Kier alpha value is -1.89. The minimum absolute atomic E-state index is 0.0413. The number of esters is 1. The number of carbonyl (C=O) groups excluding carboxylic acids is 2. The van der Waals surface area contributed by atoms with Gasteiger partial charge in [-0.2, -0.15) is 5.10 Å². The summed E-state index contributed by atoms with van der Waals surface area (Å²) in [6, 6.07) is 0. The molecule has 1 saturated heterocycles. The van der Waals surface area contributed by atoms with Crippen LogP contribution in [0.15, 0.2) is 0 Å². The highest BCUT2D eigenvalue weighted by atomic mass is 16.5. The first-order valence-corrected chi connectivity index (χ1v) is 8.73. The van der Waals surface area contributed by atoms with E-state index in [4.69, 9.17) is 0 Å². The van der Waals surface area contributed by atoms with Gasteiger partial charge in [-0.25, -0.2) is 4.79 Å².